The summed E-state index contributed by atoms with van der Waals surface area (Å²) >= 11 is 4.75. The van der Waals surface area contributed by atoms with Gasteiger partial charge in [0.1, 0.15) is 5.60 Å². The average molecular weight is 304 g/mol. The largest absolute Gasteiger partial charge is 0.444 e. The van der Waals surface area contributed by atoms with Gasteiger partial charge in [-0.05, 0) is 43.3 Å². The van der Waals surface area contributed by atoms with Gasteiger partial charge in [-0.3, -0.25) is 5.32 Å². The topological polar surface area (TPSA) is 38.3 Å². The van der Waals surface area contributed by atoms with E-state index in [1.807, 2.05) is 38.3 Å². The van der Waals surface area contributed by atoms with E-state index >= 15 is 0 Å². The van der Waals surface area contributed by atoms with Crippen LogP contribution in [0.25, 0.3) is 6.08 Å². The van der Waals surface area contributed by atoms with Gasteiger partial charge in [-0.2, -0.15) is 0 Å². The van der Waals surface area contributed by atoms with Crippen molar-refractivity contribution in [3.63, 3.8) is 0 Å². The fourth-order valence-corrected chi connectivity index (χ4v) is 2.21. The minimum atomic E-state index is -0.481. The van der Waals surface area contributed by atoms with Crippen LogP contribution in [-0.2, 0) is 4.74 Å². The third-order valence-corrected chi connectivity index (χ3v) is 2.69. The summed E-state index contributed by atoms with van der Waals surface area (Å²) in [6, 6.07) is 1.84. The van der Waals surface area contributed by atoms with Crippen molar-refractivity contribution in [1.82, 2.24) is 0 Å². The molecule has 0 aliphatic rings. The second-order valence-corrected chi connectivity index (χ2v) is 5.59. The van der Waals surface area contributed by atoms with E-state index in [4.69, 9.17) is 4.74 Å². The summed E-state index contributed by atoms with van der Waals surface area (Å²) in [6.45, 7) is 5.50. The highest BCUT2D eigenvalue weighted by molar-refractivity contribution is 9.11. The molecule has 1 amide bonds. The number of nitrogens with one attached hydrogen (secondary N) is 1. The zero-order chi connectivity index (χ0) is 12.2. The molecule has 0 atom stereocenters. The van der Waals surface area contributed by atoms with Crippen molar-refractivity contribution >= 4 is 45.1 Å². The molecule has 0 aromatic carbocycles. The molecule has 1 rings (SSSR count). The molecule has 0 bridgehead atoms. The lowest BCUT2D eigenvalue weighted by Gasteiger charge is -2.19. The molecule has 0 aliphatic heterocycles. The molecule has 1 aromatic heterocycles. The molecule has 88 valence electrons. The number of anilines is 1. The molecule has 0 spiro atoms. The number of halogens is 1. The van der Waals surface area contributed by atoms with Crippen molar-refractivity contribution in [1.29, 1.82) is 0 Å². The highest BCUT2D eigenvalue weighted by Crippen LogP contribution is 2.24. The van der Waals surface area contributed by atoms with E-state index in [1.165, 1.54) is 0 Å². The molecule has 0 radical (unpaired) electrons. The number of carbonyl (C=O) groups is 1. The summed E-state index contributed by atoms with van der Waals surface area (Å²) in [4.78, 5) is 14.2. The van der Waals surface area contributed by atoms with E-state index < -0.39 is 11.7 Å². The summed E-state index contributed by atoms with van der Waals surface area (Å²) in [5, 5.41) is 4.62. The van der Waals surface area contributed by atoms with Crippen molar-refractivity contribution in [3.05, 3.63) is 21.3 Å². The van der Waals surface area contributed by atoms with Crippen LogP contribution in [0.2, 0.25) is 0 Å². The van der Waals surface area contributed by atoms with Crippen molar-refractivity contribution in [2.24, 2.45) is 0 Å². The van der Waals surface area contributed by atoms with Crippen LogP contribution in [0.3, 0.4) is 0 Å². The molecule has 1 aromatic rings. The van der Waals surface area contributed by atoms with Gasteiger partial charge in [-0.1, -0.05) is 15.9 Å². The molecule has 0 aliphatic carbocycles. The maximum Gasteiger partial charge on any atom is 0.412 e. The SMILES string of the molecule is CC(C)(C)OC(=O)Nc1ccsc1/C=C/Br. The number of thiophene rings is 1. The molecule has 1 N–H and O–H groups in total. The maximum atomic E-state index is 11.5. The normalized spacial score (nSPS) is 11.8. The molecule has 1 heterocycles. The third-order valence-electron chi connectivity index (χ3n) is 1.55. The average Bonchev–Trinajstić information content (AvgIpc) is 2.50. The number of ether oxygens (including phenoxy) is 1. The van der Waals surface area contributed by atoms with Gasteiger partial charge in [-0.25, -0.2) is 4.79 Å². The molecule has 0 fully saturated rings. The molecular weight excluding hydrogens is 290 g/mol. The molecule has 3 nitrogen and oxygen atoms in total. The fourth-order valence-electron chi connectivity index (χ4n) is 1.02. The minimum absolute atomic E-state index is 0.435. The van der Waals surface area contributed by atoms with Crippen LogP contribution in [0.1, 0.15) is 25.6 Å². The van der Waals surface area contributed by atoms with Gasteiger partial charge in [0, 0.05) is 0 Å². The van der Waals surface area contributed by atoms with Crippen LogP contribution in [0.15, 0.2) is 16.4 Å². The first-order chi connectivity index (χ1) is 7.42. The lowest BCUT2D eigenvalue weighted by Crippen LogP contribution is -2.27. The van der Waals surface area contributed by atoms with Crippen LogP contribution >= 0.6 is 27.3 Å². The summed E-state index contributed by atoms with van der Waals surface area (Å²) in [5.74, 6) is 0. The van der Waals surface area contributed by atoms with Crippen LogP contribution in [0.5, 0.6) is 0 Å². The number of hydrogen-bond acceptors (Lipinski definition) is 3. The zero-order valence-electron chi connectivity index (χ0n) is 9.41. The Balaban J connectivity index is 2.66. The Morgan fingerprint density at radius 1 is 1.56 bits per heavy atom. The van der Waals surface area contributed by atoms with Crippen LogP contribution in [-0.4, -0.2) is 11.7 Å². The lowest BCUT2D eigenvalue weighted by molar-refractivity contribution is 0.0636. The van der Waals surface area contributed by atoms with E-state index in [1.54, 1.807) is 16.3 Å². The number of carbonyl (C=O) groups excluding carboxylic acids is 1. The van der Waals surface area contributed by atoms with E-state index in [0.717, 1.165) is 10.6 Å². The smallest absolute Gasteiger partial charge is 0.412 e. The number of rotatable bonds is 2. The molecule has 0 unspecified atom stereocenters. The van der Waals surface area contributed by atoms with Crippen molar-refractivity contribution in [2.75, 3.05) is 5.32 Å². The molecule has 5 heteroatoms. The Morgan fingerprint density at radius 3 is 2.81 bits per heavy atom. The van der Waals surface area contributed by atoms with Gasteiger partial charge in [0.05, 0.1) is 10.6 Å². The Morgan fingerprint density at radius 2 is 2.25 bits per heavy atom. The van der Waals surface area contributed by atoms with Crippen molar-refractivity contribution < 1.29 is 9.53 Å². The Bertz CT molecular complexity index is 393. The Labute approximate surface area is 108 Å². The van der Waals surface area contributed by atoms with E-state index in [9.17, 15) is 4.79 Å². The second-order valence-electron chi connectivity index (χ2n) is 4.12. The molecule has 16 heavy (non-hydrogen) atoms. The second kappa shape index (κ2) is 5.50. The summed E-state index contributed by atoms with van der Waals surface area (Å²) in [6.07, 6.45) is 1.44. The van der Waals surface area contributed by atoms with Gasteiger partial charge < -0.3 is 4.74 Å². The van der Waals surface area contributed by atoms with Crippen LogP contribution in [0.4, 0.5) is 10.5 Å². The summed E-state index contributed by atoms with van der Waals surface area (Å²) < 4.78 is 5.16. The highest BCUT2D eigenvalue weighted by atomic mass is 79.9. The van der Waals surface area contributed by atoms with E-state index in [-0.39, 0.29) is 0 Å². The van der Waals surface area contributed by atoms with Gasteiger partial charge in [0.15, 0.2) is 0 Å². The van der Waals surface area contributed by atoms with Gasteiger partial charge in [0.2, 0.25) is 0 Å². The number of amides is 1. The maximum absolute atomic E-state index is 11.5. The Kier molecular flexibility index (Phi) is 4.56. The lowest BCUT2D eigenvalue weighted by atomic mass is 10.2. The van der Waals surface area contributed by atoms with Crippen LogP contribution < -0.4 is 5.32 Å². The predicted molar refractivity (Wildman–Crippen MR) is 72.1 cm³/mol. The first kappa shape index (κ1) is 13.3. The first-order valence-corrected chi connectivity index (χ1v) is 6.56. The summed E-state index contributed by atoms with van der Waals surface area (Å²) in [5.41, 5.74) is 0.279. The van der Waals surface area contributed by atoms with Gasteiger partial charge >= 0.3 is 6.09 Å². The minimum Gasteiger partial charge on any atom is -0.444 e. The third kappa shape index (κ3) is 4.37. The Hall–Kier alpha value is -0.810. The van der Waals surface area contributed by atoms with Crippen molar-refractivity contribution in [2.45, 2.75) is 26.4 Å². The predicted octanol–water partition coefficient (Wildman–Crippen LogP) is 4.46. The first-order valence-electron chi connectivity index (χ1n) is 4.76. The van der Waals surface area contributed by atoms with E-state index in [2.05, 4.69) is 21.2 Å². The monoisotopic (exact) mass is 303 g/mol. The molecule has 0 saturated carbocycles. The number of hydrogen-bond donors (Lipinski definition) is 1. The quantitative estimate of drug-likeness (QED) is 0.876. The molecular formula is C11H14BrNO2S. The highest BCUT2D eigenvalue weighted by Gasteiger charge is 2.16. The summed E-state index contributed by atoms with van der Waals surface area (Å²) in [7, 11) is 0. The molecule has 0 saturated heterocycles. The van der Waals surface area contributed by atoms with Crippen molar-refractivity contribution in [3.8, 4) is 0 Å². The van der Waals surface area contributed by atoms with E-state index in [0.29, 0.717) is 0 Å². The van der Waals surface area contributed by atoms with Crippen LogP contribution in [0, 0.1) is 0 Å². The zero-order valence-corrected chi connectivity index (χ0v) is 11.8. The standard InChI is InChI=1S/C11H14BrNO2S/c1-11(2,3)15-10(14)13-8-5-7-16-9(8)4-6-12/h4-7H,1-3H3,(H,13,14)/b6-4+. The van der Waals surface area contributed by atoms with Gasteiger partial charge in [0.25, 0.3) is 0 Å². The fraction of sp³-hybridized carbons (Fsp3) is 0.364. The van der Waals surface area contributed by atoms with Gasteiger partial charge in [-0.15, -0.1) is 11.3 Å².